The van der Waals surface area contributed by atoms with Crippen LogP contribution in [0, 0.1) is 22.7 Å². The van der Waals surface area contributed by atoms with Crippen molar-refractivity contribution in [1.82, 2.24) is 20.2 Å². The zero-order valence-corrected chi connectivity index (χ0v) is 17.4. The number of fused-ring (bicyclic) bond motifs is 1. The van der Waals surface area contributed by atoms with Gasteiger partial charge >= 0.3 is 6.18 Å². The number of pyridine rings is 2. The Morgan fingerprint density at radius 2 is 1.94 bits per heavy atom. The Bertz CT molecular complexity index is 1120. The second-order valence-corrected chi connectivity index (χ2v) is 8.51. The highest BCUT2D eigenvalue weighted by Crippen LogP contribution is 2.41. The molecular formula is C22H23F3N6. The molecule has 4 rings (SSSR count). The number of hydrogen-bond acceptors (Lipinski definition) is 5. The first-order chi connectivity index (χ1) is 14.7. The fraction of sp³-hybridized carbons (Fsp3) is 0.455. The SMILES string of the molecule is CC(C)CC1(C#N)CCN(c2ccc(C(F)(F)F)c(-c3n[nH]c4ncccc34)n2)CC1. The van der Waals surface area contributed by atoms with Crippen LogP contribution in [0.25, 0.3) is 22.4 Å². The molecule has 4 heterocycles. The lowest BCUT2D eigenvalue weighted by Crippen LogP contribution is -2.40. The van der Waals surface area contributed by atoms with Crippen molar-refractivity contribution in [3.8, 4) is 17.5 Å². The van der Waals surface area contributed by atoms with Crippen LogP contribution in [0.1, 0.15) is 38.7 Å². The number of nitriles is 1. The van der Waals surface area contributed by atoms with Crippen LogP contribution in [-0.4, -0.2) is 33.3 Å². The Balaban J connectivity index is 1.70. The average molecular weight is 428 g/mol. The van der Waals surface area contributed by atoms with E-state index in [1.54, 1.807) is 18.3 Å². The molecule has 162 valence electrons. The Hall–Kier alpha value is -3.15. The summed E-state index contributed by atoms with van der Waals surface area (Å²) in [7, 11) is 0. The van der Waals surface area contributed by atoms with E-state index in [9.17, 15) is 18.4 Å². The van der Waals surface area contributed by atoms with Gasteiger partial charge in [0.1, 0.15) is 17.2 Å². The highest BCUT2D eigenvalue weighted by Gasteiger charge is 2.38. The Kier molecular flexibility index (Phi) is 5.33. The summed E-state index contributed by atoms with van der Waals surface area (Å²) in [6.45, 7) is 5.33. The highest BCUT2D eigenvalue weighted by molar-refractivity contribution is 5.90. The van der Waals surface area contributed by atoms with Gasteiger partial charge in [-0.05, 0) is 49.4 Å². The summed E-state index contributed by atoms with van der Waals surface area (Å²) in [6.07, 6.45) is -0.881. The van der Waals surface area contributed by atoms with Gasteiger partial charge in [0.2, 0.25) is 0 Å². The first kappa shape index (κ1) is 21.1. The van der Waals surface area contributed by atoms with E-state index in [2.05, 4.69) is 40.1 Å². The molecule has 6 nitrogen and oxygen atoms in total. The molecule has 0 aliphatic carbocycles. The second-order valence-electron chi connectivity index (χ2n) is 8.51. The first-order valence-electron chi connectivity index (χ1n) is 10.3. The number of rotatable bonds is 4. The quantitative estimate of drug-likeness (QED) is 0.618. The lowest BCUT2D eigenvalue weighted by Gasteiger charge is -2.39. The predicted octanol–water partition coefficient (Wildman–Crippen LogP) is 5.19. The molecule has 1 fully saturated rings. The van der Waals surface area contributed by atoms with Crippen LogP contribution >= 0.6 is 0 Å². The van der Waals surface area contributed by atoms with Gasteiger partial charge in [-0.3, -0.25) is 5.10 Å². The third-order valence-electron chi connectivity index (χ3n) is 5.83. The molecule has 0 unspecified atom stereocenters. The number of H-pyrrole nitrogens is 1. The minimum Gasteiger partial charge on any atom is -0.356 e. The summed E-state index contributed by atoms with van der Waals surface area (Å²) < 4.78 is 41.2. The van der Waals surface area contributed by atoms with Gasteiger partial charge in [-0.15, -0.1) is 0 Å². The zero-order chi connectivity index (χ0) is 22.2. The summed E-state index contributed by atoms with van der Waals surface area (Å²) in [4.78, 5) is 10.5. The van der Waals surface area contributed by atoms with Crippen LogP contribution in [0.3, 0.4) is 0 Å². The molecule has 9 heteroatoms. The minimum atomic E-state index is -4.57. The molecule has 0 radical (unpaired) electrons. The average Bonchev–Trinajstić information content (AvgIpc) is 3.17. The van der Waals surface area contributed by atoms with Gasteiger partial charge in [-0.25, -0.2) is 9.97 Å². The molecule has 0 bridgehead atoms. The first-order valence-corrected chi connectivity index (χ1v) is 10.3. The smallest absolute Gasteiger partial charge is 0.356 e. The van der Waals surface area contributed by atoms with Crippen LogP contribution in [0.2, 0.25) is 0 Å². The monoisotopic (exact) mass is 428 g/mol. The highest BCUT2D eigenvalue weighted by atomic mass is 19.4. The van der Waals surface area contributed by atoms with Gasteiger partial charge in [0, 0.05) is 24.7 Å². The second kappa shape index (κ2) is 7.84. The van der Waals surface area contributed by atoms with Gasteiger partial charge in [0.25, 0.3) is 0 Å². The van der Waals surface area contributed by atoms with Crippen LogP contribution in [-0.2, 0) is 6.18 Å². The summed E-state index contributed by atoms with van der Waals surface area (Å²) in [5.41, 5.74) is -0.910. The Labute approximate surface area is 178 Å². The molecule has 1 aliphatic heterocycles. The van der Waals surface area contributed by atoms with Crippen LogP contribution in [0.15, 0.2) is 30.5 Å². The van der Waals surface area contributed by atoms with Crippen molar-refractivity contribution in [3.63, 3.8) is 0 Å². The topological polar surface area (TPSA) is 81.5 Å². The fourth-order valence-electron chi connectivity index (χ4n) is 4.38. The number of halogens is 3. The van der Waals surface area contributed by atoms with E-state index in [-0.39, 0.29) is 16.8 Å². The number of nitrogens with zero attached hydrogens (tertiary/aromatic N) is 5. The van der Waals surface area contributed by atoms with E-state index >= 15 is 0 Å². The van der Waals surface area contributed by atoms with Crippen molar-refractivity contribution in [3.05, 3.63) is 36.0 Å². The van der Waals surface area contributed by atoms with E-state index in [0.29, 0.717) is 48.7 Å². The minimum absolute atomic E-state index is 0.125. The van der Waals surface area contributed by atoms with Gasteiger partial charge < -0.3 is 4.90 Å². The van der Waals surface area contributed by atoms with Crippen molar-refractivity contribution in [2.24, 2.45) is 11.3 Å². The predicted molar refractivity (Wildman–Crippen MR) is 111 cm³/mol. The summed E-state index contributed by atoms with van der Waals surface area (Å²) in [5.74, 6) is 0.864. The maximum absolute atomic E-state index is 13.7. The summed E-state index contributed by atoms with van der Waals surface area (Å²) in [6, 6.07) is 8.28. The maximum atomic E-state index is 13.7. The van der Waals surface area contributed by atoms with Crippen LogP contribution < -0.4 is 4.90 Å². The standard InChI is InChI=1S/C22H23F3N6/c1-14(2)12-21(13-26)7-10-31(11-8-21)17-6-5-16(22(23,24)25)19(28-17)18-15-4-3-9-27-20(15)30-29-18/h3-6,9,14H,7-8,10-12H2,1-2H3,(H,27,29,30). The number of piperidine rings is 1. The molecule has 31 heavy (non-hydrogen) atoms. The van der Waals surface area contributed by atoms with Gasteiger partial charge in [-0.2, -0.15) is 23.5 Å². The van der Waals surface area contributed by atoms with E-state index < -0.39 is 11.7 Å². The molecule has 0 amide bonds. The summed E-state index contributed by atoms with van der Waals surface area (Å²) in [5, 5.41) is 17.0. The molecule has 3 aromatic heterocycles. The van der Waals surface area contributed by atoms with Gasteiger partial charge in [-0.1, -0.05) is 13.8 Å². The molecule has 1 aliphatic rings. The van der Waals surface area contributed by atoms with Crippen molar-refractivity contribution in [1.29, 1.82) is 5.26 Å². The lowest BCUT2D eigenvalue weighted by atomic mass is 9.74. The van der Waals surface area contributed by atoms with Crippen LogP contribution in [0.4, 0.5) is 19.0 Å². The van der Waals surface area contributed by atoms with E-state index in [1.165, 1.54) is 6.07 Å². The van der Waals surface area contributed by atoms with E-state index in [0.717, 1.165) is 12.5 Å². The van der Waals surface area contributed by atoms with Crippen molar-refractivity contribution < 1.29 is 13.2 Å². The maximum Gasteiger partial charge on any atom is 0.418 e. The number of hydrogen-bond donors (Lipinski definition) is 1. The third kappa shape index (κ3) is 4.07. The van der Waals surface area contributed by atoms with Gasteiger partial charge in [0.15, 0.2) is 5.65 Å². The van der Waals surface area contributed by atoms with Gasteiger partial charge in [0.05, 0.1) is 17.0 Å². The molecule has 3 aromatic rings. The zero-order valence-electron chi connectivity index (χ0n) is 17.4. The summed E-state index contributed by atoms with van der Waals surface area (Å²) >= 11 is 0. The molecule has 0 saturated carbocycles. The third-order valence-corrected chi connectivity index (χ3v) is 5.83. The molecule has 0 aromatic carbocycles. The molecule has 0 spiro atoms. The normalized spacial score (nSPS) is 16.6. The molecule has 1 saturated heterocycles. The number of aromatic nitrogens is 4. The van der Waals surface area contributed by atoms with Crippen molar-refractivity contribution >= 4 is 16.9 Å². The fourth-order valence-corrected chi connectivity index (χ4v) is 4.38. The number of anilines is 1. The molecule has 1 N–H and O–H groups in total. The molecule has 0 atom stereocenters. The van der Waals surface area contributed by atoms with E-state index in [4.69, 9.17) is 0 Å². The number of nitrogens with one attached hydrogen (secondary N) is 1. The lowest BCUT2D eigenvalue weighted by molar-refractivity contribution is -0.137. The molecular weight excluding hydrogens is 405 g/mol. The number of alkyl halides is 3. The van der Waals surface area contributed by atoms with E-state index in [1.807, 2.05) is 4.90 Å². The largest absolute Gasteiger partial charge is 0.418 e. The number of aromatic amines is 1. The Morgan fingerprint density at radius 1 is 1.19 bits per heavy atom. The van der Waals surface area contributed by atoms with Crippen molar-refractivity contribution in [2.45, 2.75) is 39.3 Å². The Morgan fingerprint density at radius 3 is 2.58 bits per heavy atom. The van der Waals surface area contributed by atoms with Crippen molar-refractivity contribution in [2.75, 3.05) is 18.0 Å². The van der Waals surface area contributed by atoms with Crippen LogP contribution in [0.5, 0.6) is 0 Å².